The van der Waals surface area contributed by atoms with Crippen LogP contribution in [0.25, 0.3) is 0 Å². The molecule has 6 nitrogen and oxygen atoms in total. The minimum Gasteiger partial charge on any atom is -0.350 e. The summed E-state index contributed by atoms with van der Waals surface area (Å²) in [6.45, 7) is 1.74. The van der Waals surface area contributed by atoms with Gasteiger partial charge in [-0.05, 0) is 35.9 Å². The van der Waals surface area contributed by atoms with Crippen molar-refractivity contribution in [2.24, 2.45) is 10.9 Å². The van der Waals surface area contributed by atoms with Crippen molar-refractivity contribution in [1.29, 1.82) is 0 Å². The van der Waals surface area contributed by atoms with Crippen molar-refractivity contribution in [1.82, 2.24) is 5.43 Å². The second-order valence-electron chi connectivity index (χ2n) is 2.71. The summed E-state index contributed by atoms with van der Waals surface area (Å²) < 4.78 is 0. The van der Waals surface area contributed by atoms with Gasteiger partial charge in [0.25, 0.3) is 0 Å². The van der Waals surface area contributed by atoms with Gasteiger partial charge in [0.15, 0.2) is 0 Å². The van der Waals surface area contributed by atoms with E-state index in [2.05, 4.69) is 16.0 Å². The predicted octanol–water partition coefficient (Wildman–Crippen LogP) is 1.39. The van der Waals surface area contributed by atoms with E-state index in [1.807, 2.05) is 0 Å². The summed E-state index contributed by atoms with van der Waals surface area (Å²) in [6.07, 6.45) is 0. The van der Waals surface area contributed by atoms with E-state index in [0.717, 1.165) is 5.56 Å². The fourth-order valence-electron chi connectivity index (χ4n) is 0.969. The lowest BCUT2D eigenvalue weighted by Crippen LogP contribution is -2.34. The van der Waals surface area contributed by atoms with Crippen molar-refractivity contribution in [3.63, 3.8) is 0 Å². The van der Waals surface area contributed by atoms with Crippen molar-refractivity contribution in [3.8, 4) is 0 Å². The number of aryl methyl sites for hydroxylation is 1. The average molecular weight is 194 g/mol. The van der Waals surface area contributed by atoms with E-state index in [9.17, 15) is 9.70 Å². The molecule has 0 fully saturated rings. The highest BCUT2D eigenvalue weighted by Gasteiger charge is 1.99. The van der Waals surface area contributed by atoms with Gasteiger partial charge in [0, 0.05) is 0 Å². The first-order valence-electron chi connectivity index (χ1n) is 3.89. The molecule has 1 aromatic carbocycles. The van der Waals surface area contributed by atoms with Crippen LogP contribution in [0.3, 0.4) is 0 Å². The van der Waals surface area contributed by atoms with Crippen LogP contribution in [-0.2, 0) is 0 Å². The number of anilines is 1. The number of carbonyl (C=O) groups excluding carboxylic acids is 1. The Balaban J connectivity index is 2.76. The van der Waals surface area contributed by atoms with Crippen LogP contribution in [0.1, 0.15) is 5.56 Å². The molecule has 2 amide bonds. The Morgan fingerprint density at radius 3 is 2.71 bits per heavy atom. The summed E-state index contributed by atoms with van der Waals surface area (Å²) in [5, 5.41) is 2.82. The first-order valence-corrected chi connectivity index (χ1v) is 3.89. The van der Waals surface area contributed by atoms with E-state index in [-0.39, 0.29) is 0 Å². The van der Waals surface area contributed by atoms with Crippen molar-refractivity contribution in [2.75, 3.05) is 5.43 Å². The van der Waals surface area contributed by atoms with Crippen molar-refractivity contribution in [3.05, 3.63) is 28.7 Å². The van der Waals surface area contributed by atoms with Gasteiger partial charge in [0.2, 0.25) is 0 Å². The number of nitrogens with one attached hydrogen (secondary N) is 2. The Bertz CT molecular complexity index is 364. The number of primary amides is 1. The molecule has 1 aromatic rings. The van der Waals surface area contributed by atoms with Crippen molar-refractivity contribution < 1.29 is 4.79 Å². The second kappa shape index (κ2) is 4.22. The summed E-state index contributed by atoms with van der Waals surface area (Å²) in [6, 6.07) is 4.15. The molecule has 0 aliphatic carbocycles. The fraction of sp³-hybridized carbons (Fsp3) is 0.125. The molecule has 0 saturated carbocycles. The van der Waals surface area contributed by atoms with Crippen molar-refractivity contribution in [2.45, 2.75) is 6.92 Å². The Morgan fingerprint density at radius 2 is 2.21 bits per heavy atom. The van der Waals surface area contributed by atoms with Gasteiger partial charge in [0.1, 0.15) is 5.69 Å². The lowest BCUT2D eigenvalue weighted by atomic mass is 10.2. The predicted molar refractivity (Wildman–Crippen MR) is 53.0 cm³/mol. The maximum absolute atomic E-state index is 10.4. The zero-order valence-corrected chi connectivity index (χ0v) is 7.57. The zero-order valence-electron chi connectivity index (χ0n) is 7.57. The van der Waals surface area contributed by atoms with Crippen LogP contribution >= 0.6 is 0 Å². The third kappa shape index (κ3) is 2.44. The lowest BCUT2D eigenvalue weighted by Gasteiger charge is -2.06. The minimum absolute atomic E-state index is 0.370. The van der Waals surface area contributed by atoms with Gasteiger partial charge >= 0.3 is 6.03 Å². The molecule has 0 heterocycles. The number of amides is 2. The molecule has 0 atom stereocenters. The molecular formula is C8H10N4O2. The Kier molecular flexibility index (Phi) is 3.01. The third-order valence-corrected chi connectivity index (χ3v) is 1.63. The van der Waals surface area contributed by atoms with E-state index in [4.69, 9.17) is 5.73 Å². The topological polar surface area (TPSA) is 96.6 Å². The van der Waals surface area contributed by atoms with Crippen molar-refractivity contribution >= 4 is 17.4 Å². The van der Waals surface area contributed by atoms with Crippen LogP contribution in [0.2, 0.25) is 0 Å². The molecule has 0 aromatic heterocycles. The van der Waals surface area contributed by atoms with E-state index < -0.39 is 6.03 Å². The SMILES string of the molecule is Cc1cc(NNC(N)=O)ccc1N=O. The van der Waals surface area contributed by atoms with Crippen LogP contribution < -0.4 is 16.6 Å². The number of hydrazine groups is 1. The maximum atomic E-state index is 10.4. The standard InChI is InChI=1S/C8H10N4O2/c1-5-4-6(10-11-8(9)13)2-3-7(5)12-14/h2-4,10H,1H3,(H3,9,11,13). The van der Waals surface area contributed by atoms with Crippen LogP contribution in [0.15, 0.2) is 23.4 Å². The Labute approximate surface area is 80.4 Å². The number of nitroso groups, excluding NO2 is 1. The van der Waals surface area contributed by atoms with Gasteiger partial charge in [-0.15, -0.1) is 4.91 Å². The summed E-state index contributed by atoms with van der Waals surface area (Å²) in [4.78, 5) is 20.6. The van der Waals surface area contributed by atoms with Gasteiger partial charge in [0.05, 0.1) is 5.69 Å². The Morgan fingerprint density at radius 1 is 1.50 bits per heavy atom. The maximum Gasteiger partial charge on any atom is 0.330 e. The first kappa shape index (κ1) is 9.97. The molecule has 6 heteroatoms. The van der Waals surface area contributed by atoms with Gasteiger partial charge in [-0.2, -0.15) is 0 Å². The molecule has 0 aliphatic rings. The van der Waals surface area contributed by atoms with Crippen LogP contribution in [0.5, 0.6) is 0 Å². The zero-order chi connectivity index (χ0) is 10.6. The highest BCUT2D eigenvalue weighted by molar-refractivity contribution is 5.73. The largest absolute Gasteiger partial charge is 0.350 e. The molecule has 0 unspecified atom stereocenters. The van der Waals surface area contributed by atoms with Gasteiger partial charge in [-0.3, -0.25) is 10.9 Å². The molecule has 0 bridgehead atoms. The summed E-state index contributed by atoms with van der Waals surface area (Å²) in [5.41, 5.74) is 11.3. The quantitative estimate of drug-likeness (QED) is 0.501. The number of benzene rings is 1. The molecule has 0 spiro atoms. The number of hydrogen-bond donors (Lipinski definition) is 3. The van der Waals surface area contributed by atoms with Crippen LogP contribution in [0, 0.1) is 11.8 Å². The highest BCUT2D eigenvalue weighted by Crippen LogP contribution is 2.21. The number of nitrogens with zero attached hydrogens (tertiary/aromatic N) is 1. The highest BCUT2D eigenvalue weighted by atomic mass is 16.3. The van der Waals surface area contributed by atoms with E-state index in [1.54, 1.807) is 25.1 Å². The number of nitrogens with two attached hydrogens (primary N) is 1. The summed E-state index contributed by atoms with van der Waals surface area (Å²) in [5.74, 6) is 0. The average Bonchev–Trinajstić information content (AvgIpc) is 2.15. The third-order valence-electron chi connectivity index (χ3n) is 1.63. The number of carbonyl (C=O) groups is 1. The number of rotatable bonds is 3. The minimum atomic E-state index is -0.680. The Hall–Kier alpha value is -2.11. The normalized spacial score (nSPS) is 9.21. The molecule has 0 radical (unpaired) electrons. The fourth-order valence-corrected chi connectivity index (χ4v) is 0.969. The first-order chi connectivity index (χ1) is 6.63. The molecule has 0 saturated heterocycles. The molecule has 1 rings (SSSR count). The van der Waals surface area contributed by atoms with Gasteiger partial charge in [-0.1, -0.05) is 0 Å². The molecule has 4 N–H and O–H groups in total. The van der Waals surface area contributed by atoms with Crippen LogP contribution in [-0.4, -0.2) is 6.03 Å². The molecule has 14 heavy (non-hydrogen) atoms. The van der Waals surface area contributed by atoms with E-state index >= 15 is 0 Å². The molecule has 0 aliphatic heterocycles. The molecular weight excluding hydrogens is 184 g/mol. The lowest BCUT2D eigenvalue weighted by molar-refractivity contribution is 0.250. The van der Waals surface area contributed by atoms with E-state index in [0.29, 0.717) is 11.4 Å². The number of hydrogen-bond acceptors (Lipinski definition) is 4. The number of urea groups is 1. The van der Waals surface area contributed by atoms with E-state index in [1.165, 1.54) is 0 Å². The van der Waals surface area contributed by atoms with Gasteiger partial charge in [-0.25, -0.2) is 4.79 Å². The second-order valence-corrected chi connectivity index (χ2v) is 2.71. The summed E-state index contributed by atoms with van der Waals surface area (Å²) in [7, 11) is 0. The monoisotopic (exact) mass is 194 g/mol. The summed E-state index contributed by atoms with van der Waals surface area (Å²) >= 11 is 0. The molecule has 74 valence electrons. The smallest absolute Gasteiger partial charge is 0.330 e. The van der Waals surface area contributed by atoms with Crippen LogP contribution in [0.4, 0.5) is 16.2 Å². The van der Waals surface area contributed by atoms with Gasteiger partial charge < -0.3 is 5.73 Å².